The van der Waals surface area contributed by atoms with E-state index in [4.69, 9.17) is 0 Å². The molecule has 0 N–H and O–H groups in total. The highest BCUT2D eigenvalue weighted by Crippen LogP contribution is 2.34. The summed E-state index contributed by atoms with van der Waals surface area (Å²) < 4.78 is 23.6. The Balaban J connectivity index is 1.98. The van der Waals surface area contributed by atoms with Crippen LogP contribution < -0.4 is 4.90 Å². The summed E-state index contributed by atoms with van der Waals surface area (Å²) >= 11 is 1.68. The van der Waals surface area contributed by atoms with E-state index in [1.54, 1.807) is 11.8 Å². The lowest BCUT2D eigenvalue weighted by atomic mass is 10.1. The Morgan fingerprint density at radius 1 is 1.32 bits per heavy atom. The number of amidine groups is 1. The number of rotatable bonds is 2. The molecule has 0 saturated carbocycles. The molecule has 102 valence electrons. The van der Waals surface area contributed by atoms with Gasteiger partial charge >= 0.3 is 0 Å². The second kappa shape index (κ2) is 4.83. The molecule has 0 radical (unpaired) electrons. The van der Waals surface area contributed by atoms with Crippen molar-refractivity contribution in [3.8, 4) is 0 Å². The SMILES string of the molecule is CCSC1=NC2CS(=O)(=O)CC2N1c1ccccc1. The molecule has 19 heavy (non-hydrogen) atoms. The lowest BCUT2D eigenvalue weighted by Gasteiger charge is -2.26. The third-order valence-electron chi connectivity index (χ3n) is 3.42. The second-order valence-electron chi connectivity index (χ2n) is 4.76. The van der Waals surface area contributed by atoms with Crippen LogP contribution in [0, 0.1) is 0 Å². The molecule has 2 atom stereocenters. The van der Waals surface area contributed by atoms with E-state index < -0.39 is 9.84 Å². The van der Waals surface area contributed by atoms with Crippen LogP contribution in [0.4, 0.5) is 5.69 Å². The van der Waals surface area contributed by atoms with E-state index >= 15 is 0 Å². The number of hydrogen-bond donors (Lipinski definition) is 0. The number of benzene rings is 1. The molecule has 2 aliphatic heterocycles. The smallest absolute Gasteiger partial charge is 0.164 e. The van der Waals surface area contributed by atoms with Crippen molar-refractivity contribution in [1.29, 1.82) is 0 Å². The highest BCUT2D eigenvalue weighted by molar-refractivity contribution is 8.14. The van der Waals surface area contributed by atoms with Crippen molar-refractivity contribution in [3.63, 3.8) is 0 Å². The molecular formula is C13H16N2O2S2. The van der Waals surface area contributed by atoms with Crippen LogP contribution in [-0.4, -0.2) is 42.9 Å². The zero-order valence-electron chi connectivity index (χ0n) is 10.7. The minimum Gasteiger partial charge on any atom is -0.315 e. The van der Waals surface area contributed by atoms with Gasteiger partial charge in [0, 0.05) is 5.69 Å². The normalized spacial score (nSPS) is 28.3. The van der Waals surface area contributed by atoms with Gasteiger partial charge in [-0.3, -0.25) is 4.99 Å². The molecular weight excluding hydrogens is 280 g/mol. The summed E-state index contributed by atoms with van der Waals surface area (Å²) in [7, 11) is -2.94. The van der Waals surface area contributed by atoms with Crippen LogP contribution in [0.5, 0.6) is 0 Å². The molecule has 1 saturated heterocycles. The van der Waals surface area contributed by atoms with Gasteiger partial charge in [-0.1, -0.05) is 36.9 Å². The van der Waals surface area contributed by atoms with Crippen molar-refractivity contribution in [2.75, 3.05) is 22.2 Å². The summed E-state index contributed by atoms with van der Waals surface area (Å²) in [5, 5.41) is 0.957. The minimum atomic E-state index is -2.94. The van der Waals surface area contributed by atoms with Crippen molar-refractivity contribution in [2.24, 2.45) is 4.99 Å². The van der Waals surface area contributed by atoms with Gasteiger partial charge in [-0.2, -0.15) is 0 Å². The van der Waals surface area contributed by atoms with Gasteiger partial charge in [-0.05, 0) is 17.9 Å². The van der Waals surface area contributed by atoms with Gasteiger partial charge in [-0.15, -0.1) is 0 Å². The Kier molecular flexibility index (Phi) is 3.30. The maximum absolute atomic E-state index is 11.8. The molecule has 0 bridgehead atoms. The van der Waals surface area contributed by atoms with Crippen LogP contribution in [-0.2, 0) is 9.84 Å². The lowest BCUT2D eigenvalue weighted by Crippen LogP contribution is -2.39. The molecule has 1 aromatic carbocycles. The van der Waals surface area contributed by atoms with E-state index in [2.05, 4.69) is 16.8 Å². The van der Waals surface area contributed by atoms with Crippen molar-refractivity contribution in [2.45, 2.75) is 19.0 Å². The van der Waals surface area contributed by atoms with Gasteiger partial charge < -0.3 is 4.90 Å². The van der Waals surface area contributed by atoms with E-state index in [1.807, 2.05) is 30.3 Å². The van der Waals surface area contributed by atoms with Crippen LogP contribution >= 0.6 is 11.8 Å². The zero-order valence-corrected chi connectivity index (χ0v) is 12.3. The summed E-state index contributed by atoms with van der Waals surface area (Å²) in [5.74, 6) is 1.34. The average Bonchev–Trinajstić information content (AvgIpc) is 2.82. The van der Waals surface area contributed by atoms with Crippen LogP contribution in [0.1, 0.15) is 6.92 Å². The standard InChI is InChI=1S/C13H16N2O2S2/c1-2-18-13-14-11-8-19(16,17)9-12(11)15(13)10-6-4-3-5-7-10/h3-7,11-12H,2,8-9H2,1H3. The number of nitrogens with zero attached hydrogens (tertiary/aromatic N) is 2. The molecule has 4 nitrogen and oxygen atoms in total. The molecule has 1 fully saturated rings. The Hall–Kier alpha value is -1.01. The van der Waals surface area contributed by atoms with E-state index in [0.717, 1.165) is 16.6 Å². The molecule has 0 aliphatic carbocycles. The van der Waals surface area contributed by atoms with Gasteiger partial charge in [0.15, 0.2) is 15.0 Å². The number of fused-ring (bicyclic) bond motifs is 1. The fourth-order valence-electron chi connectivity index (χ4n) is 2.65. The minimum absolute atomic E-state index is 0.0264. The predicted molar refractivity (Wildman–Crippen MR) is 80.7 cm³/mol. The molecule has 3 rings (SSSR count). The summed E-state index contributed by atoms with van der Waals surface area (Å²) in [4.78, 5) is 6.72. The van der Waals surface area contributed by atoms with E-state index in [-0.39, 0.29) is 23.6 Å². The first-order valence-electron chi connectivity index (χ1n) is 6.36. The first kappa shape index (κ1) is 13.0. The first-order chi connectivity index (χ1) is 9.11. The predicted octanol–water partition coefficient (Wildman–Crippen LogP) is 1.78. The van der Waals surface area contributed by atoms with Gasteiger partial charge in [-0.25, -0.2) is 8.42 Å². The molecule has 0 spiro atoms. The Morgan fingerprint density at radius 2 is 2.05 bits per heavy atom. The second-order valence-corrected chi connectivity index (χ2v) is 8.15. The monoisotopic (exact) mass is 296 g/mol. The van der Waals surface area contributed by atoms with Crippen molar-refractivity contribution in [3.05, 3.63) is 30.3 Å². The lowest BCUT2D eigenvalue weighted by molar-refractivity contribution is 0.601. The van der Waals surface area contributed by atoms with E-state index in [1.165, 1.54) is 0 Å². The van der Waals surface area contributed by atoms with Crippen molar-refractivity contribution < 1.29 is 8.42 Å². The number of aliphatic imine (C=N–C) groups is 1. The maximum Gasteiger partial charge on any atom is 0.164 e. The fraction of sp³-hybridized carbons (Fsp3) is 0.462. The molecule has 2 heterocycles. The van der Waals surface area contributed by atoms with Crippen LogP contribution in [0.25, 0.3) is 0 Å². The molecule has 1 aromatic rings. The Morgan fingerprint density at radius 3 is 2.74 bits per heavy atom. The summed E-state index contributed by atoms with van der Waals surface area (Å²) in [6.45, 7) is 2.08. The molecule has 0 aromatic heterocycles. The summed E-state index contributed by atoms with van der Waals surface area (Å²) in [6, 6.07) is 9.81. The third kappa shape index (κ3) is 2.39. The number of para-hydroxylation sites is 1. The number of sulfone groups is 1. The van der Waals surface area contributed by atoms with Gasteiger partial charge in [0.05, 0.1) is 23.6 Å². The average molecular weight is 296 g/mol. The molecule has 0 amide bonds. The zero-order chi connectivity index (χ0) is 13.5. The third-order valence-corrected chi connectivity index (χ3v) is 5.96. The largest absolute Gasteiger partial charge is 0.315 e. The van der Waals surface area contributed by atoms with Gasteiger partial charge in [0.2, 0.25) is 0 Å². The van der Waals surface area contributed by atoms with Crippen LogP contribution in [0.15, 0.2) is 35.3 Å². The fourth-order valence-corrected chi connectivity index (χ4v) is 5.35. The van der Waals surface area contributed by atoms with Crippen molar-refractivity contribution in [1.82, 2.24) is 0 Å². The topological polar surface area (TPSA) is 49.7 Å². The molecule has 2 aliphatic rings. The van der Waals surface area contributed by atoms with Crippen molar-refractivity contribution >= 4 is 32.5 Å². The number of thioether (sulfide) groups is 1. The van der Waals surface area contributed by atoms with Gasteiger partial charge in [0.1, 0.15) is 0 Å². The maximum atomic E-state index is 11.8. The van der Waals surface area contributed by atoms with E-state index in [0.29, 0.717) is 0 Å². The highest BCUT2D eigenvalue weighted by atomic mass is 32.2. The number of anilines is 1. The Labute approximate surface area is 117 Å². The quantitative estimate of drug-likeness (QED) is 0.835. The van der Waals surface area contributed by atoms with E-state index in [9.17, 15) is 8.42 Å². The first-order valence-corrected chi connectivity index (χ1v) is 9.17. The molecule has 2 unspecified atom stereocenters. The van der Waals surface area contributed by atoms with Gasteiger partial charge in [0.25, 0.3) is 0 Å². The highest BCUT2D eigenvalue weighted by Gasteiger charge is 2.46. The molecule has 6 heteroatoms. The summed E-state index contributed by atoms with van der Waals surface area (Å²) in [6.07, 6.45) is 0. The van der Waals surface area contributed by atoms with Crippen LogP contribution in [0.3, 0.4) is 0 Å². The Bertz CT molecular complexity index is 598. The number of hydrogen-bond acceptors (Lipinski definition) is 5. The van der Waals surface area contributed by atoms with Crippen LogP contribution in [0.2, 0.25) is 0 Å². The summed E-state index contributed by atoms with van der Waals surface area (Å²) in [5.41, 5.74) is 1.03.